The van der Waals surface area contributed by atoms with Gasteiger partial charge in [-0.15, -0.1) is 11.3 Å². The molecule has 0 spiro atoms. The summed E-state index contributed by atoms with van der Waals surface area (Å²) in [5, 5.41) is 13.7. The molecule has 0 aliphatic heterocycles. The number of anilines is 2. The molecule has 0 aliphatic carbocycles. The third-order valence-corrected chi connectivity index (χ3v) is 6.71. The van der Waals surface area contributed by atoms with Crippen LogP contribution in [0.1, 0.15) is 15.9 Å². The van der Waals surface area contributed by atoms with Crippen molar-refractivity contribution in [2.24, 2.45) is 0 Å². The van der Waals surface area contributed by atoms with E-state index in [1.807, 2.05) is 6.07 Å². The van der Waals surface area contributed by atoms with Crippen molar-refractivity contribution in [3.8, 4) is 17.3 Å². The van der Waals surface area contributed by atoms with E-state index in [0.29, 0.717) is 16.4 Å². The number of nitriles is 1. The second kappa shape index (κ2) is 9.20. The van der Waals surface area contributed by atoms with Crippen LogP contribution in [0.5, 0.6) is 0 Å². The van der Waals surface area contributed by atoms with Gasteiger partial charge >= 0.3 is 0 Å². The summed E-state index contributed by atoms with van der Waals surface area (Å²) in [6.07, 6.45) is 0. The Hall–Kier alpha value is -4.07. The highest BCUT2D eigenvalue weighted by Crippen LogP contribution is 2.27. The molecule has 0 aliphatic rings. The molecule has 164 valence electrons. The van der Waals surface area contributed by atoms with Crippen LogP contribution in [-0.4, -0.2) is 19.3 Å². The minimum absolute atomic E-state index is 0.0724. The average Bonchev–Trinajstić information content (AvgIpc) is 3.28. The lowest BCUT2D eigenvalue weighted by Crippen LogP contribution is -2.18. The zero-order valence-electron chi connectivity index (χ0n) is 16.8. The fraction of sp³-hybridized carbons (Fsp3) is 0. The fourth-order valence-electron chi connectivity index (χ4n) is 2.93. The minimum atomic E-state index is -4.03. The Morgan fingerprint density at radius 1 is 1.00 bits per heavy atom. The van der Waals surface area contributed by atoms with Crippen molar-refractivity contribution in [3.05, 3.63) is 95.1 Å². The summed E-state index contributed by atoms with van der Waals surface area (Å²) in [5.41, 5.74) is 2.12. The summed E-state index contributed by atoms with van der Waals surface area (Å²) >= 11 is 1.21. The van der Waals surface area contributed by atoms with Gasteiger partial charge in [-0.2, -0.15) is 5.26 Å². The number of halogens is 1. The van der Waals surface area contributed by atoms with Crippen molar-refractivity contribution in [1.29, 1.82) is 5.26 Å². The molecule has 1 amide bonds. The number of carbonyl (C=O) groups excluding carboxylic acids is 1. The van der Waals surface area contributed by atoms with Crippen molar-refractivity contribution >= 4 is 38.1 Å². The smallest absolute Gasteiger partial charge is 0.261 e. The largest absolute Gasteiger partial charge is 0.298 e. The average molecular weight is 479 g/mol. The molecule has 1 heterocycles. The van der Waals surface area contributed by atoms with Crippen molar-refractivity contribution in [1.82, 2.24) is 4.98 Å². The van der Waals surface area contributed by atoms with Gasteiger partial charge in [0.15, 0.2) is 5.13 Å². The molecule has 0 unspecified atom stereocenters. The lowest BCUT2D eigenvalue weighted by molar-refractivity contribution is 0.102. The number of carbonyl (C=O) groups is 1. The van der Waals surface area contributed by atoms with Gasteiger partial charge in [0.05, 0.1) is 33.5 Å². The molecule has 0 fully saturated rings. The predicted molar refractivity (Wildman–Crippen MR) is 124 cm³/mol. The maximum Gasteiger partial charge on any atom is 0.261 e. The van der Waals surface area contributed by atoms with E-state index in [1.54, 1.807) is 41.8 Å². The maximum absolute atomic E-state index is 13.1. The lowest BCUT2D eigenvalue weighted by Gasteiger charge is -2.12. The highest BCUT2D eigenvalue weighted by molar-refractivity contribution is 7.92. The quantitative estimate of drug-likeness (QED) is 0.410. The number of nitrogens with one attached hydrogen (secondary N) is 2. The van der Waals surface area contributed by atoms with Crippen LogP contribution in [0.2, 0.25) is 0 Å². The number of aromatic nitrogens is 1. The van der Waals surface area contributed by atoms with Gasteiger partial charge in [-0.25, -0.2) is 17.8 Å². The van der Waals surface area contributed by atoms with E-state index < -0.39 is 21.7 Å². The van der Waals surface area contributed by atoms with Gasteiger partial charge in [-0.3, -0.25) is 14.8 Å². The summed E-state index contributed by atoms with van der Waals surface area (Å²) in [4.78, 5) is 17.1. The number of para-hydroxylation sites is 1. The second-order valence-electron chi connectivity index (χ2n) is 6.79. The van der Waals surface area contributed by atoms with E-state index in [-0.39, 0.29) is 16.1 Å². The van der Waals surface area contributed by atoms with Crippen LogP contribution in [-0.2, 0) is 10.0 Å². The fourth-order valence-corrected chi connectivity index (χ4v) is 4.73. The second-order valence-corrected chi connectivity index (χ2v) is 9.33. The Kier molecular flexibility index (Phi) is 6.17. The summed E-state index contributed by atoms with van der Waals surface area (Å²) in [6, 6.07) is 19.4. The van der Waals surface area contributed by atoms with Gasteiger partial charge in [0, 0.05) is 10.9 Å². The number of benzene rings is 3. The summed E-state index contributed by atoms with van der Waals surface area (Å²) in [5.74, 6) is -1.11. The molecule has 7 nitrogen and oxygen atoms in total. The van der Waals surface area contributed by atoms with Crippen molar-refractivity contribution < 1.29 is 17.6 Å². The van der Waals surface area contributed by atoms with Gasteiger partial charge in [-0.05, 0) is 48.5 Å². The number of sulfonamides is 1. The van der Waals surface area contributed by atoms with E-state index in [4.69, 9.17) is 5.26 Å². The van der Waals surface area contributed by atoms with Crippen molar-refractivity contribution in [2.45, 2.75) is 4.90 Å². The number of rotatable bonds is 6. The lowest BCUT2D eigenvalue weighted by atomic mass is 10.1. The number of amides is 1. The third-order valence-electron chi connectivity index (χ3n) is 4.57. The Balaban J connectivity index is 1.53. The summed E-state index contributed by atoms with van der Waals surface area (Å²) in [7, 11) is -4.03. The number of thiazole rings is 1. The Morgan fingerprint density at radius 2 is 1.70 bits per heavy atom. The predicted octanol–water partition coefficient (Wildman–Crippen LogP) is 4.87. The topological polar surface area (TPSA) is 112 Å². The molecule has 0 atom stereocenters. The molecule has 2 N–H and O–H groups in total. The molecule has 0 saturated carbocycles. The van der Waals surface area contributed by atoms with E-state index in [9.17, 15) is 17.6 Å². The van der Waals surface area contributed by atoms with Crippen LogP contribution >= 0.6 is 11.3 Å². The molecule has 0 radical (unpaired) electrons. The SMILES string of the molecule is N#Cc1ccc(-c2csc(NC(=O)c3ccccc3NS(=O)(=O)c3ccc(F)cc3)n2)cc1. The van der Waals surface area contributed by atoms with Gasteiger partial charge in [0.2, 0.25) is 0 Å². The standard InChI is InChI=1S/C23H15FN4O3S2/c24-17-9-11-18(12-10-17)33(30,31)28-20-4-2-1-3-19(20)22(29)27-23-26-21(14-32-23)16-7-5-15(13-25)6-8-16/h1-12,14,28H,(H,26,27,29). The molecule has 0 bridgehead atoms. The zero-order valence-corrected chi connectivity index (χ0v) is 18.5. The first-order valence-corrected chi connectivity index (χ1v) is 11.9. The first kappa shape index (κ1) is 22.1. The Bertz CT molecular complexity index is 1460. The third kappa shape index (κ3) is 5.06. The van der Waals surface area contributed by atoms with Crippen molar-refractivity contribution in [3.63, 3.8) is 0 Å². The van der Waals surface area contributed by atoms with E-state index in [2.05, 4.69) is 15.0 Å². The molecule has 3 aromatic carbocycles. The van der Waals surface area contributed by atoms with Gasteiger partial charge in [0.1, 0.15) is 5.82 Å². The molecule has 4 rings (SSSR count). The number of nitrogens with zero attached hydrogens (tertiary/aromatic N) is 2. The van der Waals surface area contributed by atoms with Crippen LogP contribution in [0.15, 0.2) is 83.1 Å². The summed E-state index contributed by atoms with van der Waals surface area (Å²) in [6.45, 7) is 0. The Labute approximate surface area is 193 Å². The summed E-state index contributed by atoms with van der Waals surface area (Å²) < 4.78 is 40.8. The van der Waals surface area contributed by atoms with Crippen molar-refractivity contribution in [2.75, 3.05) is 10.0 Å². The van der Waals surface area contributed by atoms with Crippen LogP contribution in [0.4, 0.5) is 15.2 Å². The Morgan fingerprint density at radius 3 is 2.39 bits per heavy atom. The first-order valence-electron chi connectivity index (χ1n) is 9.50. The van der Waals surface area contributed by atoms with Crippen LogP contribution in [0, 0.1) is 17.1 Å². The molecule has 1 aromatic heterocycles. The first-order chi connectivity index (χ1) is 15.9. The van der Waals surface area contributed by atoms with E-state index in [0.717, 1.165) is 29.8 Å². The zero-order chi connectivity index (χ0) is 23.4. The monoisotopic (exact) mass is 478 g/mol. The van der Waals surface area contributed by atoms with Gasteiger partial charge < -0.3 is 0 Å². The van der Waals surface area contributed by atoms with E-state index in [1.165, 1.54) is 23.5 Å². The normalized spacial score (nSPS) is 10.9. The highest BCUT2D eigenvalue weighted by Gasteiger charge is 2.19. The molecule has 0 saturated heterocycles. The molecular weight excluding hydrogens is 463 g/mol. The van der Waals surface area contributed by atoms with Gasteiger partial charge in [-0.1, -0.05) is 24.3 Å². The molecule has 10 heteroatoms. The number of hydrogen-bond acceptors (Lipinski definition) is 6. The van der Waals surface area contributed by atoms with Crippen LogP contribution in [0.3, 0.4) is 0 Å². The van der Waals surface area contributed by atoms with Gasteiger partial charge in [0.25, 0.3) is 15.9 Å². The van der Waals surface area contributed by atoms with E-state index >= 15 is 0 Å². The minimum Gasteiger partial charge on any atom is -0.298 e. The van der Waals surface area contributed by atoms with Crippen LogP contribution < -0.4 is 10.0 Å². The molecular formula is C23H15FN4O3S2. The number of hydrogen-bond donors (Lipinski definition) is 2. The molecule has 33 heavy (non-hydrogen) atoms. The van der Waals surface area contributed by atoms with Crippen LogP contribution in [0.25, 0.3) is 11.3 Å². The molecule has 4 aromatic rings. The highest BCUT2D eigenvalue weighted by atomic mass is 32.2. The maximum atomic E-state index is 13.1.